The molecule has 6 nitrogen and oxygen atoms in total. The van der Waals surface area contributed by atoms with Gasteiger partial charge in [-0.1, -0.05) is 6.07 Å². The Labute approximate surface area is 121 Å². The molecule has 0 bridgehead atoms. The molecule has 0 saturated heterocycles. The van der Waals surface area contributed by atoms with E-state index in [1.165, 1.54) is 4.68 Å². The second-order valence-electron chi connectivity index (χ2n) is 4.57. The van der Waals surface area contributed by atoms with E-state index >= 15 is 0 Å². The monoisotopic (exact) mass is 282 g/mol. The van der Waals surface area contributed by atoms with Gasteiger partial charge in [-0.3, -0.25) is 0 Å². The number of aryl methyl sites for hydroxylation is 1. The SMILES string of the molecule is COc1cc(-c2cnn(-c3ccc(C)cn3)c2O)ccn1. The van der Waals surface area contributed by atoms with Crippen LogP contribution in [-0.4, -0.2) is 32.0 Å². The predicted octanol–water partition coefficient (Wildman–Crippen LogP) is 2.35. The molecule has 0 unspecified atom stereocenters. The number of ether oxygens (including phenoxy) is 1. The van der Waals surface area contributed by atoms with Gasteiger partial charge in [-0.15, -0.1) is 0 Å². The van der Waals surface area contributed by atoms with E-state index in [1.54, 1.807) is 43.9 Å². The second kappa shape index (κ2) is 5.24. The van der Waals surface area contributed by atoms with Crippen LogP contribution < -0.4 is 4.74 Å². The Hall–Kier alpha value is -2.89. The standard InChI is InChI=1S/C15H14N4O2/c1-10-3-4-13(17-8-10)19-15(20)12(9-18-19)11-5-6-16-14(7-11)21-2/h3-9,20H,1-2H3. The summed E-state index contributed by atoms with van der Waals surface area (Å²) in [5, 5.41) is 14.6. The van der Waals surface area contributed by atoms with Crippen molar-refractivity contribution in [2.24, 2.45) is 0 Å². The summed E-state index contributed by atoms with van der Waals surface area (Å²) in [4.78, 5) is 8.30. The number of pyridine rings is 2. The van der Waals surface area contributed by atoms with E-state index in [0.29, 0.717) is 17.3 Å². The van der Waals surface area contributed by atoms with Crippen LogP contribution in [0.5, 0.6) is 11.8 Å². The summed E-state index contributed by atoms with van der Waals surface area (Å²) in [7, 11) is 1.55. The summed E-state index contributed by atoms with van der Waals surface area (Å²) in [6.45, 7) is 1.95. The van der Waals surface area contributed by atoms with Gasteiger partial charge < -0.3 is 9.84 Å². The van der Waals surface area contributed by atoms with Gasteiger partial charge in [0.1, 0.15) is 0 Å². The molecule has 3 heterocycles. The summed E-state index contributed by atoms with van der Waals surface area (Å²) < 4.78 is 6.48. The number of hydrogen-bond donors (Lipinski definition) is 1. The number of rotatable bonds is 3. The third kappa shape index (κ3) is 2.43. The van der Waals surface area contributed by atoms with Crippen molar-refractivity contribution in [1.82, 2.24) is 19.7 Å². The van der Waals surface area contributed by atoms with Crippen molar-refractivity contribution in [3.8, 4) is 28.7 Å². The summed E-state index contributed by atoms with van der Waals surface area (Å²) in [5.74, 6) is 1.07. The Morgan fingerprint density at radius 1 is 1.14 bits per heavy atom. The van der Waals surface area contributed by atoms with E-state index in [9.17, 15) is 5.11 Å². The molecule has 0 spiro atoms. The number of nitrogens with zero attached hydrogens (tertiary/aromatic N) is 4. The van der Waals surface area contributed by atoms with Crippen LogP contribution in [0.3, 0.4) is 0 Å². The van der Waals surface area contributed by atoms with Crippen LogP contribution >= 0.6 is 0 Å². The first kappa shape index (κ1) is 13.1. The van der Waals surface area contributed by atoms with Crippen molar-refractivity contribution in [3.05, 3.63) is 48.4 Å². The molecule has 1 N–H and O–H groups in total. The molecule has 21 heavy (non-hydrogen) atoms. The number of aromatic hydroxyl groups is 1. The molecule has 0 aliphatic rings. The third-order valence-electron chi connectivity index (χ3n) is 3.11. The van der Waals surface area contributed by atoms with E-state index in [4.69, 9.17) is 4.74 Å². The van der Waals surface area contributed by atoms with Crippen LogP contribution in [0, 0.1) is 6.92 Å². The average Bonchev–Trinajstić information content (AvgIpc) is 2.90. The molecule has 3 aromatic heterocycles. The minimum absolute atomic E-state index is 0.0274. The van der Waals surface area contributed by atoms with Crippen LogP contribution in [0.1, 0.15) is 5.56 Å². The van der Waals surface area contributed by atoms with Crippen molar-refractivity contribution in [1.29, 1.82) is 0 Å². The van der Waals surface area contributed by atoms with E-state index in [2.05, 4.69) is 15.1 Å². The largest absolute Gasteiger partial charge is 0.493 e. The summed E-state index contributed by atoms with van der Waals surface area (Å²) >= 11 is 0. The molecule has 0 radical (unpaired) electrons. The van der Waals surface area contributed by atoms with Crippen molar-refractivity contribution in [3.63, 3.8) is 0 Å². The van der Waals surface area contributed by atoms with Gasteiger partial charge in [-0.2, -0.15) is 9.78 Å². The highest BCUT2D eigenvalue weighted by molar-refractivity contribution is 5.69. The van der Waals surface area contributed by atoms with Crippen LogP contribution in [0.25, 0.3) is 16.9 Å². The van der Waals surface area contributed by atoms with Crippen LogP contribution in [0.15, 0.2) is 42.9 Å². The highest BCUT2D eigenvalue weighted by Crippen LogP contribution is 2.31. The minimum Gasteiger partial charge on any atom is -0.493 e. The number of aromatic nitrogens is 4. The van der Waals surface area contributed by atoms with Gasteiger partial charge in [0, 0.05) is 18.5 Å². The molecule has 0 atom stereocenters. The predicted molar refractivity (Wildman–Crippen MR) is 77.5 cm³/mol. The fourth-order valence-corrected chi connectivity index (χ4v) is 1.99. The fraction of sp³-hybridized carbons (Fsp3) is 0.133. The van der Waals surface area contributed by atoms with Crippen LogP contribution in [0.4, 0.5) is 0 Å². The van der Waals surface area contributed by atoms with Gasteiger partial charge in [-0.05, 0) is 30.2 Å². The number of methoxy groups -OCH3 is 1. The molecule has 6 heteroatoms. The maximum absolute atomic E-state index is 10.4. The lowest BCUT2D eigenvalue weighted by Crippen LogP contribution is -1.98. The summed E-state index contributed by atoms with van der Waals surface area (Å²) in [6, 6.07) is 7.24. The summed E-state index contributed by atoms with van der Waals surface area (Å²) in [6.07, 6.45) is 4.94. The lowest BCUT2D eigenvalue weighted by atomic mass is 10.1. The molecular weight excluding hydrogens is 268 g/mol. The molecule has 0 aliphatic carbocycles. The van der Waals surface area contributed by atoms with E-state index in [-0.39, 0.29) is 5.88 Å². The van der Waals surface area contributed by atoms with Crippen molar-refractivity contribution in [2.75, 3.05) is 7.11 Å². The molecule has 3 rings (SSSR count). The molecule has 0 aromatic carbocycles. The van der Waals surface area contributed by atoms with Crippen LogP contribution in [0.2, 0.25) is 0 Å². The molecule has 0 saturated carbocycles. The first-order valence-corrected chi connectivity index (χ1v) is 6.39. The summed E-state index contributed by atoms with van der Waals surface area (Å²) in [5.41, 5.74) is 2.42. The highest BCUT2D eigenvalue weighted by atomic mass is 16.5. The molecular formula is C15H14N4O2. The molecule has 106 valence electrons. The normalized spacial score (nSPS) is 10.6. The Kier molecular flexibility index (Phi) is 3.27. The minimum atomic E-state index is 0.0274. The average molecular weight is 282 g/mol. The quantitative estimate of drug-likeness (QED) is 0.798. The Bertz CT molecular complexity index is 766. The first-order chi connectivity index (χ1) is 10.2. The maximum atomic E-state index is 10.4. The Morgan fingerprint density at radius 3 is 2.71 bits per heavy atom. The topological polar surface area (TPSA) is 73.1 Å². The lowest BCUT2D eigenvalue weighted by Gasteiger charge is -2.04. The van der Waals surface area contributed by atoms with Gasteiger partial charge in [0.2, 0.25) is 11.8 Å². The first-order valence-electron chi connectivity index (χ1n) is 6.39. The molecule has 0 fully saturated rings. The zero-order valence-corrected chi connectivity index (χ0v) is 11.7. The van der Waals surface area contributed by atoms with Gasteiger partial charge in [0.15, 0.2) is 5.82 Å². The van der Waals surface area contributed by atoms with Crippen LogP contribution in [-0.2, 0) is 0 Å². The van der Waals surface area contributed by atoms with Gasteiger partial charge in [0.25, 0.3) is 0 Å². The van der Waals surface area contributed by atoms with E-state index < -0.39 is 0 Å². The zero-order valence-electron chi connectivity index (χ0n) is 11.7. The molecule has 3 aromatic rings. The van der Waals surface area contributed by atoms with Gasteiger partial charge in [0.05, 0.1) is 18.9 Å². The van der Waals surface area contributed by atoms with E-state index in [0.717, 1.165) is 11.1 Å². The van der Waals surface area contributed by atoms with Crippen molar-refractivity contribution >= 4 is 0 Å². The Balaban J connectivity index is 2.04. The smallest absolute Gasteiger partial charge is 0.223 e. The van der Waals surface area contributed by atoms with Crippen molar-refractivity contribution < 1.29 is 9.84 Å². The maximum Gasteiger partial charge on any atom is 0.223 e. The second-order valence-corrected chi connectivity index (χ2v) is 4.57. The third-order valence-corrected chi connectivity index (χ3v) is 3.11. The van der Waals surface area contributed by atoms with Gasteiger partial charge in [-0.25, -0.2) is 9.97 Å². The van der Waals surface area contributed by atoms with Crippen molar-refractivity contribution in [2.45, 2.75) is 6.92 Å². The lowest BCUT2D eigenvalue weighted by molar-refractivity contribution is 0.398. The Morgan fingerprint density at radius 2 is 2.00 bits per heavy atom. The zero-order chi connectivity index (χ0) is 14.8. The fourth-order valence-electron chi connectivity index (χ4n) is 1.99. The van der Waals surface area contributed by atoms with E-state index in [1.807, 2.05) is 13.0 Å². The van der Waals surface area contributed by atoms with Gasteiger partial charge >= 0.3 is 0 Å². The highest BCUT2D eigenvalue weighted by Gasteiger charge is 2.14. The molecule has 0 aliphatic heterocycles. The number of hydrogen-bond acceptors (Lipinski definition) is 5. The molecule has 0 amide bonds.